The Morgan fingerprint density at radius 3 is 2.86 bits per heavy atom. The summed E-state index contributed by atoms with van der Waals surface area (Å²) in [5.41, 5.74) is 0. The molecule has 0 unspecified atom stereocenters. The van der Waals surface area contributed by atoms with E-state index in [1.54, 1.807) is 23.2 Å². The lowest BCUT2D eigenvalue weighted by Gasteiger charge is -2.23. The summed E-state index contributed by atoms with van der Waals surface area (Å²) in [7, 11) is 0. The molecule has 0 bridgehead atoms. The van der Waals surface area contributed by atoms with E-state index in [1.807, 2.05) is 0 Å². The highest BCUT2D eigenvalue weighted by atomic mass is 35.5. The zero-order chi connectivity index (χ0) is 15.3. The van der Waals surface area contributed by atoms with Crippen molar-refractivity contribution in [1.82, 2.24) is 14.8 Å². The quantitative estimate of drug-likeness (QED) is 0.779. The molecule has 4 heterocycles. The Bertz CT molecular complexity index is 616. The molecule has 0 radical (unpaired) electrons. The number of hydrogen-bond acceptors (Lipinski definition) is 4. The predicted octanol–water partition coefficient (Wildman–Crippen LogP) is 1.74. The zero-order valence-electron chi connectivity index (χ0n) is 12.1. The number of carbonyl (C=O) groups excluding carboxylic acids is 2. The van der Waals surface area contributed by atoms with Gasteiger partial charge in [0.25, 0.3) is 5.91 Å². The summed E-state index contributed by atoms with van der Waals surface area (Å²) < 4.78 is 0. The minimum Gasteiger partial charge on any atom is -0.353 e. The van der Waals surface area contributed by atoms with Crippen molar-refractivity contribution >= 4 is 29.4 Å². The monoisotopic (exact) mass is 320 g/mol. The summed E-state index contributed by atoms with van der Waals surface area (Å²) >= 11 is 6.19. The molecule has 0 saturated carbocycles. The Kier molecular flexibility index (Phi) is 3.22. The number of fused-ring (bicyclic) bond motifs is 1. The van der Waals surface area contributed by atoms with Crippen LogP contribution in [0.1, 0.15) is 19.3 Å². The number of carbonyl (C=O) groups is 2. The van der Waals surface area contributed by atoms with Crippen molar-refractivity contribution in [3.63, 3.8) is 0 Å². The number of amides is 3. The third kappa shape index (κ3) is 1.97. The maximum absolute atomic E-state index is 12.5. The molecule has 22 heavy (non-hydrogen) atoms. The number of rotatable bonds is 2. The molecule has 3 saturated heterocycles. The van der Waals surface area contributed by atoms with E-state index < -0.39 is 0 Å². The van der Waals surface area contributed by atoms with E-state index >= 15 is 0 Å². The number of nitrogens with zero attached hydrogens (tertiary/aromatic N) is 4. The van der Waals surface area contributed by atoms with Gasteiger partial charge >= 0.3 is 6.03 Å². The molecule has 2 atom stereocenters. The number of pyridine rings is 1. The summed E-state index contributed by atoms with van der Waals surface area (Å²) in [5, 5.41) is 0.600. The van der Waals surface area contributed by atoms with Gasteiger partial charge in [0.05, 0.1) is 11.1 Å². The Balaban J connectivity index is 1.53. The van der Waals surface area contributed by atoms with Gasteiger partial charge in [-0.2, -0.15) is 0 Å². The van der Waals surface area contributed by atoms with Crippen LogP contribution in [0.3, 0.4) is 0 Å². The molecule has 4 rings (SSSR count). The van der Waals surface area contributed by atoms with Crippen molar-refractivity contribution in [3.05, 3.63) is 23.4 Å². The van der Waals surface area contributed by atoms with Crippen LogP contribution in [0.4, 0.5) is 10.6 Å². The van der Waals surface area contributed by atoms with Gasteiger partial charge in [-0.05, 0) is 31.4 Å². The van der Waals surface area contributed by atoms with Gasteiger partial charge in [0.1, 0.15) is 11.9 Å². The van der Waals surface area contributed by atoms with Crippen LogP contribution in [0.25, 0.3) is 0 Å². The second-order valence-corrected chi connectivity index (χ2v) is 6.45. The first kappa shape index (κ1) is 13.8. The minimum absolute atomic E-state index is 0.0264. The van der Waals surface area contributed by atoms with Gasteiger partial charge in [0, 0.05) is 25.8 Å². The summed E-state index contributed by atoms with van der Waals surface area (Å²) in [6.45, 7) is 2.06. The highest BCUT2D eigenvalue weighted by molar-refractivity contribution is 6.32. The van der Waals surface area contributed by atoms with Crippen molar-refractivity contribution < 1.29 is 9.59 Å². The second-order valence-electron chi connectivity index (χ2n) is 6.04. The Morgan fingerprint density at radius 2 is 2.09 bits per heavy atom. The molecule has 3 aliphatic rings. The molecule has 0 N–H and O–H groups in total. The van der Waals surface area contributed by atoms with Crippen LogP contribution < -0.4 is 4.90 Å². The van der Waals surface area contributed by atoms with Crippen LogP contribution in [0.5, 0.6) is 0 Å². The van der Waals surface area contributed by atoms with Gasteiger partial charge in [-0.3, -0.25) is 9.69 Å². The largest absolute Gasteiger partial charge is 0.353 e. The van der Waals surface area contributed by atoms with E-state index in [9.17, 15) is 9.59 Å². The summed E-state index contributed by atoms with van der Waals surface area (Å²) in [5.74, 6) is 0.702. The van der Waals surface area contributed by atoms with Crippen LogP contribution in [0.15, 0.2) is 18.3 Å². The average Bonchev–Trinajstić information content (AvgIpc) is 3.20. The standard InChI is InChI=1S/C15H17ClN4O2/c16-11-3-1-6-17-13(11)18-8-5-10(9-18)20-14(21)12-4-2-7-19(12)15(20)22/h1,3,6,10,12H,2,4-5,7-9H2/t10-,12+/m0/s1. The molecular formula is C15H17ClN4O2. The molecule has 0 spiro atoms. The van der Waals surface area contributed by atoms with Gasteiger partial charge in [-0.25, -0.2) is 9.78 Å². The number of aromatic nitrogens is 1. The van der Waals surface area contributed by atoms with Crippen molar-refractivity contribution in [3.8, 4) is 0 Å². The number of anilines is 1. The first-order valence-electron chi connectivity index (χ1n) is 7.66. The molecule has 7 heteroatoms. The van der Waals surface area contributed by atoms with Crippen molar-refractivity contribution in [2.75, 3.05) is 24.5 Å². The van der Waals surface area contributed by atoms with Crippen LogP contribution in [0.2, 0.25) is 5.02 Å². The number of hydrogen-bond donors (Lipinski definition) is 0. The maximum Gasteiger partial charge on any atom is 0.327 e. The van der Waals surface area contributed by atoms with Gasteiger partial charge in [0.15, 0.2) is 0 Å². The van der Waals surface area contributed by atoms with Crippen molar-refractivity contribution in [1.29, 1.82) is 0 Å². The first-order chi connectivity index (χ1) is 10.7. The van der Waals surface area contributed by atoms with Crippen LogP contribution in [0, 0.1) is 0 Å². The summed E-state index contributed by atoms with van der Waals surface area (Å²) in [4.78, 5) is 34.5. The minimum atomic E-state index is -0.222. The molecule has 1 aromatic heterocycles. The van der Waals surface area contributed by atoms with Crippen LogP contribution in [-0.4, -0.2) is 58.4 Å². The van der Waals surface area contributed by atoms with Crippen molar-refractivity contribution in [2.45, 2.75) is 31.3 Å². The highest BCUT2D eigenvalue weighted by Crippen LogP contribution is 2.33. The van der Waals surface area contributed by atoms with Gasteiger partial charge < -0.3 is 9.80 Å². The molecule has 3 aliphatic heterocycles. The van der Waals surface area contributed by atoms with E-state index in [1.165, 1.54) is 4.90 Å². The van der Waals surface area contributed by atoms with Gasteiger partial charge in [-0.15, -0.1) is 0 Å². The van der Waals surface area contributed by atoms with Gasteiger partial charge in [0.2, 0.25) is 0 Å². The number of imide groups is 1. The Labute approximate surface area is 133 Å². The van der Waals surface area contributed by atoms with Crippen LogP contribution in [-0.2, 0) is 4.79 Å². The molecule has 1 aromatic rings. The molecule has 0 aliphatic carbocycles. The maximum atomic E-state index is 12.5. The fourth-order valence-electron chi connectivity index (χ4n) is 3.74. The van der Waals surface area contributed by atoms with Gasteiger partial charge in [-0.1, -0.05) is 11.6 Å². The number of halogens is 1. The Morgan fingerprint density at radius 1 is 1.23 bits per heavy atom. The summed E-state index contributed by atoms with van der Waals surface area (Å²) in [6, 6.07) is 3.18. The fourth-order valence-corrected chi connectivity index (χ4v) is 3.98. The third-order valence-electron chi connectivity index (χ3n) is 4.79. The molecule has 3 fully saturated rings. The smallest absolute Gasteiger partial charge is 0.327 e. The predicted molar refractivity (Wildman–Crippen MR) is 81.8 cm³/mol. The third-order valence-corrected chi connectivity index (χ3v) is 5.09. The van der Waals surface area contributed by atoms with Crippen molar-refractivity contribution in [2.24, 2.45) is 0 Å². The normalized spacial score (nSPS) is 28.0. The van der Waals surface area contributed by atoms with E-state index in [4.69, 9.17) is 11.6 Å². The number of urea groups is 1. The highest BCUT2D eigenvalue weighted by Gasteiger charge is 2.50. The molecule has 6 nitrogen and oxygen atoms in total. The van der Waals surface area contributed by atoms with Crippen LogP contribution >= 0.6 is 11.6 Å². The van der Waals surface area contributed by atoms with E-state index in [0.29, 0.717) is 18.1 Å². The fraction of sp³-hybridized carbons (Fsp3) is 0.533. The summed E-state index contributed by atoms with van der Waals surface area (Å²) in [6.07, 6.45) is 4.20. The van der Waals surface area contributed by atoms with E-state index in [0.717, 1.165) is 31.6 Å². The average molecular weight is 321 g/mol. The molecule has 0 aromatic carbocycles. The first-order valence-corrected chi connectivity index (χ1v) is 8.04. The van der Waals surface area contributed by atoms with E-state index in [-0.39, 0.29) is 24.0 Å². The zero-order valence-corrected chi connectivity index (χ0v) is 12.9. The SMILES string of the molecule is O=C1[C@H]2CCCN2C(=O)N1[C@H]1CCN(c2ncccc2Cl)C1. The molecular weight excluding hydrogens is 304 g/mol. The lowest BCUT2D eigenvalue weighted by molar-refractivity contribution is -0.129. The lowest BCUT2D eigenvalue weighted by atomic mass is 10.2. The molecule has 116 valence electrons. The lowest BCUT2D eigenvalue weighted by Crippen LogP contribution is -2.43. The topological polar surface area (TPSA) is 56.8 Å². The molecule has 3 amide bonds. The Hall–Kier alpha value is -1.82. The van der Waals surface area contributed by atoms with E-state index in [2.05, 4.69) is 9.88 Å². The second kappa shape index (κ2) is 5.12.